The Morgan fingerprint density at radius 3 is 2.72 bits per heavy atom. The van der Waals surface area contributed by atoms with Crippen LogP contribution in [0.2, 0.25) is 10.0 Å². The fraction of sp³-hybridized carbons (Fsp3) is 0.154. The van der Waals surface area contributed by atoms with Gasteiger partial charge >= 0.3 is 0 Å². The lowest BCUT2D eigenvalue weighted by atomic mass is 10.1. The molecule has 1 aromatic heterocycles. The Morgan fingerprint density at radius 1 is 1.33 bits per heavy atom. The van der Waals surface area contributed by atoms with Crippen LogP contribution in [0.5, 0.6) is 5.75 Å². The summed E-state index contributed by atoms with van der Waals surface area (Å²) < 4.78 is 10.2. The molecule has 2 aromatic rings. The lowest BCUT2D eigenvalue weighted by Crippen LogP contribution is -2.02. The molecule has 0 saturated carbocycles. The van der Waals surface area contributed by atoms with Gasteiger partial charge in [-0.1, -0.05) is 23.2 Å². The highest BCUT2D eigenvalue weighted by Crippen LogP contribution is 2.32. The zero-order valence-corrected chi connectivity index (χ0v) is 11.1. The maximum Gasteiger partial charge on any atom is 0.197 e. The first kappa shape index (κ1) is 13.0. The van der Waals surface area contributed by atoms with Crippen LogP contribution in [-0.4, -0.2) is 12.4 Å². The molecule has 0 N–H and O–H groups in total. The molecule has 0 amide bonds. The van der Waals surface area contributed by atoms with Gasteiger partial charge in [0.1, 0.15) is 12.0 Å². The molecule has 0 radical (unpaired) electrons. The van der Waals surface area contributed by atoms with E-state index in [0.29, 0.717) is 33.5 Å². The molecule has 0 atom stereocenters. The van der Waals surface area contributed by atoms with Crippen molar-refractivity contribution in [3.8, 4) is 5.75 Å². The van der Waals surface area contributed by atoms with Gasteiger partial charge in [-0.05, 0) is 19.1 Å². The number of carbonyl (C=O) groups excluding carboxylic acids is 1. The summed E-state index contributed by atoms with van der Waals surface area (Å²) in [6.07, 6.45) is 2.79. The van der Waals surface area contributed by atoms with E-state index in [1.54, 1.807) is 12.1 Å². The van der Waals surface area contributed by atoms with E-state index in [2.05, 4.69) is 0 Å². The highest BCUT2D eigenvalue weighted by atomic mass is 35.5. The van der Waals surface area contributed by atoms with Crippen molar-refractivity contribution in [3.05, 3.63) is 51.9 Å². The van der Waals surface area contributed by atoms with Crippen LogP contribution in [0.25, 0.3) is 0 Å². The number of benzene rings is 1. The van der Waals surface area contributed by atoms with Crippen LogP contribution in [0.3, 0.4) is 0 Å². The maximum absolute atomic E-state index is 12.1. The molecule has 3 nitrogen and oxygen atoms in total. The lowest BCUT2D eigenvalue weighted by molar-refractivity contribution is 0.103. The number of ether oxygens (including phenoxy) is 1. The number of furan rings is 1. The predicted octanol–water partition coefficient (Wildman–Crippen LogP) is 4.22. The Balaban J connectivity index is 2.40. The number of hydrogen-bond donors (Lipinski definition) is 0. The summed E-state index contributed by atoms with van der Waals surface area (Å²) in [6, 6.07) is 4.62. The molecule has 0 unspecified atom stereocenters. The van der Waals surface area contributed by atoms with Gasteiger partial charge < -0.3 is 9.15 Å². The largest absolute Gasteiger partial charge is 0.492 e. The molecule has 0 spiro atoms. The number of halogens is 2. The number of ketones is 1. The highest BCUT2D eigenvalue weighted by molar-refractivity contribution is 6.37. The van der Waals surface area contributed by atoms with Crippen molar-refractivity contribution < 1.29 is 13.9 Å². The molecule has 94 valence electrons. The van der Waals surface area contributed by atoms with Crippen molar-refractivity contribution in [2.75, 3.05) is 6.61 Å². The van der Waals surface area contributed by atoms with Crippen molar-refractivity contribution in [3.63, 3.8) is 0 Å². The second-order valence-electron chi connectivity index (χ2n) is 3.54. The standard InChI is InChI=1S/C13H10Cl2O3/c1-2-18-12-6-10(14)9(5-11(12)15)13(16)8-3-4-17-7-8/h3-7H,2H2,1H3. The second kappa shape index (κ2) is 5.46. The summed E-state index contributed by atoms with van der Waals surface area (Å²) in [7, 11) is 0. The van der Waals surface area contributed by atoms with Gasteiger partial charge in [-0.3, -0.25) is 4.79 Å². The Labute approximate surface area is 114 Å². The molecule has 0 bridgehead atoms. The van der Waals surface area contributed by atoms with Crippen molar-refractivity contribution in [1.29, 1.82) is 0 Å². The minimum atomic E-state index is -0.237. The second-order valence-corrected chi connectivity index (χ2v) is 4.35. The first-order valence-electron chi connectivity index (χ1n) is 5.32. The molecule has 1 aromatic carbocycles. The molecular weight excluding hydrogens is 275 g/mol. The van der Waals surface area contributed by atoms with Gasteiger partial charge in [0.15, 0.2) is 5.78 Å². The molecule has 5 heteroatoms. The average molecular weight is 285 g/mol. The van der Waals surface area contributed by atoms with Crippen LogP contribution in [-0.2, 0) is 0 Å². The molecule has 2 rings (SSSR count). The Morgan fingerprint density at radius 2 is 2.11 bits per heavy atom. The molecule has 1 heterocycles. The van der Waals surface area contributed by atoms with Gasteiger partial charge in [-0.15, -0.1) is 0 Å². The first-order valence-corrected chi connectivity index (χ1v) is 6.07. The first-order chi connectivity index (χ1) is 8.63. The zero-order chi connectivity index (χ0) is 13.1. The van der Waals surface area contributed by atoms with Crippen molar-refractivity contribution in [2.45, 2.75) is 6.92 Å². The molecule has 0 saturated heterocycles. The monoisotopic (exact) mass is 284 g/mol. The van der Waals surface area contributed by atoms with E-state index >= 15 is 0 Å². The van der Waals surface area contributed by atoms with Crippen molar-refractivity contribution >= 4 is 29.0 Å². The number of hydrogen-bond acceptors (Lipinski definition) is 3. The zero-order valence-electron chi connectivity index (χ0n) is 9.57. The van der Waals surface area contributed by atoms with Crippen molar-refractivity contribution in [2.24, 2.45) is 0 Å². The van der Waals surface area contributed by atoms with Gasteiger partial charge in [0, 0.05) is 11.6 Å². The van der Waals surface area contributed by atoms with E-state index in [-0.39, 0.29) is 5.78 Å². The van der Waals surface area contributed by atoms with Crippen LogP contribution >= 0.6 is 23.2 Å². The quantitative estimate of drug-likeness (QED) is 0.790. The fourth-order valence-corrected chi connectivity index (χ4v) is 1.98. The van der Waals surface area contributed by atoms with Gasteiger partial charge in [-0.25, -0.2) is 0 Å². The smallest absolute Gasteiger partial charge is 0.197 e. The summed E-state index contributed by atoms with van der Waals surface area (Å²) in [5.74, 6) is 0.228. The molecular formula is C13H10Cl2O3. The van der Waals surface area contributed by atoms with Crippen LogP contribution < -0.4 is 4.74 Å². The number of carbonyl (C=O) groups is 1. The Hall–Kier alpha value is -1.45. The summed E-state index contributed by atoms with van der Waals surface area (Å²) in [6.45, 7) is 2.32. The third-order valence-corrected chi connectivity index (χ3v) is 2.96. The van der Waals surface area contributed by atoms with Gasteiger partial charge in [-0.2, -0.15) is 0 Å². The Kier molecular flexibility index (Phi) is 3.94. The molecule has 0 aliphatic carbocycles. The van der Waals surface area contributed by atoms with Crippen LogP contribution in [0.1, 0.15) is 22.8 Å². The van der Waals surface area contributed by atoms with Crippen molar-refractivity contribution in [1.82, 2.24) is 0 Å². The van der Waals surface area contributed by atoms with E-state index in [9.17, 15) is 4.79 Å². The predicted molar refractivity (Wildman–Crippen MR) is 69.8 cm³/mol. The van der Waals surface area contributed by atoms with E-state index < -0.39 is 0 Å². The number of rotatable bonds is 4. The maximum atomic E-state index is 12.1. The molecule has 0 fully saturated rings. The van der Waals surface area contributed by atoms with E-state index in [0.717, 1.165) is 0 Å². The van der Waals surface area contributed by atoms with Crippen LogP contribution in [0.4, 0.5) is 0 Å². The lowest BCUT2D eigenvalue weighted by Gasteiger charge is -2.09. The highest BCUT2D eigenvalue weighted by Gasteiger charge is 2.17. The minimum absolute atomic E-state index is 0.237. The third kappa shape index (κ3) is 2.52. The van der Waals surface area contributed by atoms with Gasteiger partial charge in [0.2, 0.25) is 0 Å². The van der Waals surface area contributed by atoms with Crippen LogP contribution in [0.15, 0.2) is 35.1 Å². The molecule has 18 heavy (non-hydrogen) atoms. The van der Waals surface area contributed by atoms with Gasteiger partial charge in [0.25, 0.3) is 0 Å². The SMILES string of the molecule is CCOc1cc(Cl)c(C(=O)c2ccoc2)cc1Cl. The summed E-state index contributed by atoms with van der Waals surface area (Å²) >= 11 is 12.1. The van der Waals surface area contributed by atoms with Crippen LogP contribution in [0, 0.1) is 0 Å². The fourth-order valence-electron chi connectivity index (χ4n) is 1.52. The van der Waals surface area contributed by atoms with E-state index in [1.807, 2.05) is 6.92 Å². The summed E-state index contributed by atoms with van der Waals surface area (Å²) in [5, 5.41) is 0.655. The normalized spacial score (nSPS) is 10.4. The summed E-state index contributed by atoms with van der Waals surface area (Å²) in [5.41, 5.74) is 0.753. The third-order valence-electron chi connectivity index (χ3n) is 2.35. The minimum Gasteiger partial charge on any atom is -0.492 e. The Bertz CT molecular complexity index is 562. The summed E-state index contributed by atoms with van der Waals surface area (Å²) in [4.78, 5) is 12.1. The molecule has 0 aliphatic rings. The molecule has 0 aliphatic heterocycles. The topological polar surface area (TPSA) is 39.4 Å². The van der Waals surface area contributed by atoms with E-state index in [4.69, 9.17) is 32.4 Å². The van der Waals surface area contributed by atoms with E-state index in [1.165, 1.54) is 18.6 Å². The average Bonchev–Trinajstić information content (AvgIpc) is 2.86. The van der Waals surface area contributed by atoms with Gasteiger partial charge in [0.05, 0.1) is 28.5 Å².